The summed E-state index contributed by atoms with van der Waals surface area (Å²) in [6.45, 7) is 4.41. The Kier molecular flexibility index (Phi) is 4.80. The molecule has 1 atom stereocenters. The molecule has 6 nitrogen and oxygen atoms in total. The Balaban J connectivity index is 2.23. The Hall–Kier alpha value is -2.37. The van der Waals surface area contributed by atoms with Gasteiger partial charge in [0, 0.05) is 25.7 Å². The summed E-state index contributed by atoms with van der Waals surface area (Å²) in [4.78, 5) is 39.1. The third-order valence-electron chi connectivity index (χ3n) is 3.77. The molecule has 1 aliphatic rings. The van der Waals surface area contributed by atoms with Crippen LogP contribution < -0.4 is 10.6 Å². The zero-order valence-electron chi connectivity index (χ0n) is 12.9. The smallest absolute Gasteiger partial charge is 0.323 e. The topological polar surface area (TPSA) is 83.7 Å². The van der Waals surface area contributed by atoms with Crippen molar-refractivity contribution in [3.8, 4) is 0 Å². The molecule has 1 aliphatic heterocycles. The Bertz CT molecular complexity index is 600. The van der Waals surface area contributed by atoms with Crippen molar-refractivity contribution in [1.82, 2.24) is 4.90 Å². The highest BCUT2D eigenvalue weighted by Gasteiger charge is 2.32. The number of amides is 3. The normalized spacial score (nSPS) is 17.9. The van der Waals surface area contributed by atoms with E-state index in [1.807, 2.05) is 6.92 Å². The van der Waals surface area contributed by atoms with Crippen molar-refractivity contribution >= 4 is 29.1 Å². The van der Waals surface area contributed by atoms with E-state index in [0.29, 0.717) is 30.4 Å². The number of anilines is 2. The maximum atomic E-state index is 12.5. The highest BCUT2D eigenvalue weighted by molar-refractivity contribution is 6.45. The van der Waals surface area contributed by atoms with E-state index in [2.05, 4.69) is 0 Å². The number of carbonyl (C=O) groups excluding carboxylic acids is 3. The van der Waals surface area contributed by atoms with Gasteiger partial charge in [-0.1, -0.05) is 13.0 Å². The monoisotopic (exact) mass is 303 g/mol. The van der Waals surface area contributed by atoms with Gasteiger partial charge in [0.05, 0.1) is 5.69 Å². The van der Waals surface area contributed by atoms with Gasteiger partial charge >= 0.3 is 11.8 Å². The van der Waals surface area contributed by atoms with E-state index >= 15 is 0 Å². The van der Waals surface area contributed by atoms with Crippen LogP contribution in [-0.2, 0) is 14.4 Å². The fraction of sp³-hybridized carbons (Fsp3) is 0.438. The Morgan fingerprint density at radius 2 is 2.05 bits per heavy atom. The lowest BCUT2D eigenvalue weighted by atomic mass is 10.0. The quantitative estimate of drug-likeness (QED) is 0.628. The highest BCUT2D eigenvalue weighted by Crippen LogP contribution is 2.20. The molecule has 1 unspecified atom stereocenters. The van der Waals surface area contributed by atoms with E-state index in [1.165, 1.54) is 17.9 Å². The summed E-state index contributed by atoms with van der Waals surface area (Å²) < 4.78 is 0. The molecule has 0 radical (unpaired) electrons. The van der Waals surface area contributed by atoms with Crippen LogP contribution in [0.2, 0.25) is 0 Å². The molecule has 0 spiro atoms. The molecule has 1 saturated heterocycles. The fourth-order valence-corrected chi connectivity index (χ4v) is 2.71. The van der Waals surface area contributed by atoms with Crippen LogP contribution in [0.5, 0.6) is 0 Å². The van der Waals surface area contributed by atoms with Gasteiger partial charge in [0.1, 0.15) is 0 Å². The first kappa shape index (κ1) is 16.0. The molecule has 6 heteroatoms. The van der Waals surface area contributed by atoms with Gasteiger partial charge < -0.3 is 10.6 Å². The number of carbonyl (C=O) groups is 3. The Morgan fingerprint density at radius 3 is 2.64 bits per heavy atom. The third kappa shape index (κ3) is 3.44. The molecule has 2 rings (SSSR count). The zero-order valence-corrected chi connectivity index (χ0v) is 12.9. The molecule has 2 N–H and O–H groups in total. The molecule has 1 heterocycles. The van der Waals surface area contributed by atoms with Crippen LogP contribution in [0.3, 0.4) is 0 Å². The second-order valence-electron chi connectivity index (χ2n) is 5.75. The van der Waals surface area contributed by atoms with Crippen molar-refractivity contribution in [3.63, 3.8) is 0 Å². The summed E-state index contributed by atoms with van der Waals surface area (Å²) in [5, 5.41) is 0. The summed E-state index contributed by atoms with van der Waals surface area (Å²) in [6.07, 6.45) is 1.92. The summed E-state index contributed by atoms with van der Waals surface area (Å²) in [5.41, 5.74) is 6.43. The number of nitrogens with two attached hydrogens (primary N) is 1. The Labute approximate surface area is 129 Å². The summed E-state index contributed by atoms with van der Waals surface area (Å²) in [6, 6.07) is 6.38. The van der Waals surface area contributed by atoms with E-state index in [4.69, 9.17) is 5.73 Å². The highest BCUT2D eigenvalue weighted by atomic mass is 16.2. The van der Waals surface area contributed by atoms with E-state index in [9.17, 15) is 14.4 Å². The lowest BCUT2D eigenvalue weighted by molar-refractivity contribution is -0.146. The predicted molar refractivity (Wildman–Crippen MR) is 84.0 cm³/mol. The molecule has 0 saturated carbocycles. The van der Waals surface area contributed by atoms with E-state index < -0.39 is 17.7 Å². The number of hydrogen-bond donors (Lipinski definition) is 1. The van der Waals surface area contributed by atoms with Gasteiger partial charge in [-0.15, -0.1) is 0 Å². The van der Waals surface area contributed by atoms with Crippen molar-refractivity contribution < 1.29 is 14.4 Å². The molecule has 0 bridgehead atoms. The van der Waals surface area contributed by atoms with Gasteiger partial charge in [-0.3, -0.25) is 14.4 Å². The number of imide groups is 1. The number of nitrogens with zero attached hydrogens (tertiary/aromatic N) is 2. The molecular weight excluding hydrogens is 282 g/mol. The summed E-state index contributed by atoms with van der Waals surface area (Å²) in [5.74, 6) is -1.60. The third-order valence-corrected chi connectivity index (χ3v) is 3.77. The predicted octanol–water partition coefficient (Wildman–Crippen LogP) is 1.41. The SMILES string of the molecule is CC(=O)N(C(=O)C(=O)N1CCCC(C)C1)c1cccc(N)c1. The van der Waals surface area contributed by atoms with Crippen LogP contribution in [0.25, 0.3) is 0 Å². The molecule has 1 aromatic rings. The van der Waals surface area contributed by atoms with Gasteiger partial charge in [-0.2, -0.15) is 0 Å². The van der Waals surface area contributed by atoms with Crippen molar-refractivity contribution in [2.45, 2.75) is 26.7 Å². The second-order valence-corrected chi connectivity index (χ2v) is 5.75. The van der Waals surface area contributed by atoms with Crippen LogP contribution in [0.15, 0.2) is 24.3 Å². The van der Waals surface area contributed by atoms with Crippen LogP contribution in [0.4, 0.5) is 11.4 Å². The number of piperidine rings is 1. The lowest BCUT2D eigenvalue weighted by Crippen LogP contribution is -2.50. The zero-order chi connectivity index (χ0) is 16.3. The van der Waals surface area contributed by atoms with Gasteiger partial charge in [0.25, 0.3) is 0 Å². The van der Waals surface area contributed by atoms with Crippen LogP contribution in [-0.4, -0.2) is 35.7 Å². The first-order valence-corrected chi connectivity index (χ1v) is 7.39. The minimum absolute atomic E-state index is 0.316. The largest absolute Gasteiger partial charge is 0.399 e. The molecule has 1 fully saturated rings. The maximum Gasteiger partial charge on any atom is 0.323 e. The fourth-order valence-electron chi connectivity index (χ4n) is 2.71. The van der Waals surface area contributed by atoms with Gasteiger partial charge in [-0.25, -0.2) is 4.90 Å². The van der Waals surface area contributed by atoms with Gasteiger partial charge in [0.15, 0.2) is 0 Å². The number of benzene rings is 1. The first-order chi connectivity index (χ1) is 10.4. The van der Waals surface area contributed by atoms with Gasteiger partial charge in [0.2, 0.25) is 5.91 Å². The number of hydrogen-bond acceptors (Lipinski definition) is 4. The molecule has 0 aromatic heterocycles. The average Bonchev–Trinajstić information content (AvgIpc) is 2.46. The van der Waals surface area contributed by atoms with Crippen molar-refractivity contribution in [3.05, 3.63) is 24.3 Å². The van der Waals surface area contributed by atoms with Crippen molar-refractivity contribution in [2.24, 2.45) is 5.92 Å². The average molecular weight is 303 g/mol. The van der Waals surface area contributed by atoms with Crippen LogP contribution >= 0.6 is 0 Å². The molecule has 0 aliphatic carbocycles. The molecule has 22 heavy (non-hydrogen) atoms. The van der Waals surface area contributed by atoms with Crippen LogP contribution in [0, 0.1) is 5.92 Å². The van der Waals surface area contributed by atoms with Crippen molar-refractivity contribution in [2.75, 3.05) is 23.7 Å². The summed E-state index contributed by atoms with van der Waals surface area (Å²) in [7, 11) is 0. The minimum Gasteiger partial charge on any atom is -0.399 e. The van der Waals surface area contributed by atoms with Crippen LogP contribution in [0.1, 0.15) is 26.7 Å². The number of rotatable bonds is 1. The van der Waals surface area contributed by atoms with E-state index in [-0.39, 0.29) is 0 Å². The maximum absolute atomic E-state index is 12.5. The number of nitrogen functional groups attached to an aromatic ring is 1. The molecule has 3 amide bonds. The van der Waals surface area contributed by atoms with Gasteiger partial charge in [-0.05, 0) is 37.0 Å². The van der Waals surface area contributed by atoms with E-state index in [0.717, 1.165) is 17.7 Å². The standard InChI is InChI=1S/C16H21N3O3/c1-11-5-4-8-18(10-11)15(21)16(22)19(12(2)20)14-7-3-6-13(17)9-14/h3,6-7,9,11H,4-5,8,10,17H2,1-2H3. The lowest BCUT2D eigenvalue weighted by Gasteiger charge is -2.31. The van der Waals surface area contributed by atoms with Crippen molar-refractivity contribution in [1.29, 1.82) is 0 Å². The molecular formula is C16H21N3O3. The first-order valence-electron chi connectivity index (χ1n) is 7.39. The molecule has 1 aromatic carbocycles. The Morgan fingerprint density at radius 1 is 1.32 bits per heavy atom. The minimum atomic E-state index is -0.827. The number of likely N-dealkylation sites (tertiary alicyclic amines) is 1. The van der Waals surface area contributed by atoms with E-state index in [1.54, 1.807) is 18.2 Å². The summed E-state index contributed by atoms with van der Waals surface area (Å²) >= 11 is 0. The molecule has 118 valence electrons. The second kappa shape index (κ2) is 6.60.